The van der Waals surface area contributed by atoms with Gasteiger partial charge in [-0.3, -0.25) is 9.58 Å². The number of rotatable bonds is 5. The number of hydrogen-bond acceptors (Lipinski definition) is 8. The predicted molar refractivity (Wildman–Crippen MR) is 77.0 cm³/mol. The second-order valence-electron chi connectivity index (χ2n) is 5.37. The third-order valence-electron chi connectivity index (χ3n) is 3.69. The molecule has 0 N–H and O–H groups in total. The first-order chi connectivity index (χ1) is 11.4. The van der Waals surface area contributed by atoms with Crippen molar-refractivity contribution in [3.63, 3.8) is 0 Å². The average Bonchev–Trinajstić information content (AvgIpc) is 3.30. The molecule has 0 bridgehead atoms. The predicted octanol–water partition coefficient (Wildman–Crippen LogP) is 0.822. The van der Waals surface area contributed by atoms with Gasteiger partial charge in [-0.2, -0.15) is 10.1 Å². The van der Waals surface area contributed by atoms with E-state index < -0.39 is 0 Å². The van der Waals surface area contributed by atoms with Crippen molar-refractivity contribution in [1.29, 1.82) is 0 Å². The Labute approximate surface area is 131 Å². The van der Waals surface area contributed by atoms with Crippen LogP contribution in [-0.2, 0) is 17.8 Å². The zero-order valence-corrected chi connectivity index (χ0v) is 12.4. The molecule has 0 amide bonds. The van der Waals surface area contributed by atoms with E-state index in [9.17, 15) is 0 Å². The molecule has 0 unspecified atom stereocenters. The first kappa shape index (κ1) is 14.1. The molecule has 0 radical (unpaired) electrons. The number of morpholine rings is 1. The molecule has 1 atom stereocenters. The summed E-state index contributed by atoms with van der Waals surface area (Å²) in [5.41, 5.74) is 0.811. The molecule has 1 aliphatic heterocycles. The zero-order valence-electron chi connectivity index (χ0n) is 12.4. The number of nitrogens with zero attached hydrogens (tertiary/aromatic N) is 6. The molecular weight excluding hydrogens is 300 g/mol. The van der Waals surface area contributed by atoms with E-state index in [1.54, 1.807) is 29.6 Å². The van der Waals surface area contributed by atoms with Crippen molar-refractivity contribution < 1.29 is 13.7 Å². The van der Waals surface area contributed by atoms with E-state index in [2.05, 4.69) is 25.1 Å². The summed E-state index contributed by atoms with van der Waals surface area (Å²) in [7, 11) is 0. The van der Waals surface area contributed by atoms with Gasteiger partial charge in [-0.1, -0.05) is 5.16 Å². The maximum Gasteiger partial charge on any atom is 0.241 e. The van der Waals surface area contributed by atoms with Crippen LogP contribution in [0.3, 0.4) is 0 Å². The molecule has 1 aliphatic rings. The minimum Gasteiger partial charge on any atom is -0.472 e. The highest BCUT2D eigenvalue weighted by Crippen LogP contribution is 2.17. The highest BCUT2D eigenvalue weighted by Gasteiger charge is 2.23. The van der Waals surface area contributed by atoms with Crippen molar-refractivity contribution in [2.75, 3.05) is 19.7 Å². The smallest absolute Gasteiger partial charge is 0.241 e. The second kappa shape index (κ2) is 6.31. The highest BCUT2D eigenvalue weighted by molar-refractivity contribution is 5.51. The van der Waals surface area contributed by atoms with Crippen LogP contribution in [0.1, 0.15) is 5.89 Å². The van der Waals surface area contributed by atoms with E-state index in [0.717, 1.165) is 18.7 Å². The van der Waals surface area contributed by atoms with E-state index >= 15 is 0 Å². The van der Waals surface area contributed by atoms with Crippen LogP contribution in [0, 0.1) is 0 Å². The molecule has 1 saturated heterocycles. The fourth-order valence-corrected chi connectivity index (χ4v) is 2.59. The normalized spacial score (nSPS) is 19.2. The van der Waals surface area contributed by atoms with Crippen LogP contribution < -0.4 is 0 Å². The van der Waals surface area contributed by atoms with Gasteiger partial charge in [0.15, 0.2) is 0 Å². The zero-order chi connectivity index (χ0) is 15.5. The van der Waals surface area contributed by atoms with Crippen LogP contribution in [0.5, 0.6) is 0 Å². The maximum atomic E-state index is 5.77. The van der Waals surface area contributed by atoms with E-state index in [1.165, 1.54) is 6.33 Å². The van der Waals surface area contributed by atoms with Crippen LogP contribution in [-0.4, -0.2) is 55.6 Å². The lowest BCUT2D eigenvalue weighted by Gasteiger charge is -2.31. The van der Waals surface area contributed by atoms with Gasteiger partial charge in [-0.25, -0.2) is 4.98 Å². The van der Waals surface area contributed by atoms with Crippen LogP contribution in [0.25, 0.3) is 11.4 Å². The molecule has 0 spiro atoms. The SMILES string of the molecule is c1ncn(C[C@@H]2CN(Cc3nc(-c4ccoc4)no3)CCO2)n1. The Kier molecular flexibility index (Phi) is 3.86. The quantitative estimate of drug-likeness (QED) is 0.683. The van der Waals surface area contributed by atoms with E-state index in [-0.39, 0.29) is 6.10 Å². The van der Waals surface area contributed by atoms with Crippen molar-refractivity contribution in [2.45, 2.75) is 19.2 Å². The largest absolute Gasteiger partial charge is 0.472 e. The Morgan fingerprint density at radius 3 is 3.17 bits per heavy atom. The highest BCUT2D eigenvalue weighted by atomic mass is 16.5. The Morgan fingerprint density at radius 1 is 1.35 bits per heavy atom. The lowest BCUT2D eigenvalue weighted by atomic mass is 10.2. The van der Waals surface area contributed by atoms with Crippen molar-refractivity contribution in [1.82, 2.24) is 29.8 Å². The summed E-state index contributed by atoms with van der Waals surface area (Å²) in [5.74, 6) is 1.13. The lowest BCUT2D eigenvalue weighted by Crippen LogP contribution is -2.43. The fraction of sp³-hybridized carbons (Fsp3) is 0.429. The third kappa shape index (κ3) is 3.30. The van der Waals surface area contributed by atoms with Gasteiger partial charge in [0.2, 0.25) is 11.7 Å². The Hall–Kier alpha value is -2.52. The van der Waals surface area contributed by atoms with Crippen LogP contribution in [0.2, 0.25) is 0 Å². The van der Waals surface area contributed by atoms with Crippen molar-refractivity contribution in [3.05, 3.63) is 37.1 Å². The monoisotopic (exact) mass is 316 g/mol. The van der Waals surface area contributed by atoms with Crippen LogP contribution in [0.4, 0.5) is 0 Å². The lowest BCUT2D eigenvalue weighted by molar-refractivity contribution is -0.0426. The first-order valence-corrected chi connectivity index (χ1v) is 7.38. The first-order valence-electron chi connectivity index (χ1n) is 7.38. The Balaban J connectivity index is 1.37. The number of furan rings is 1. The van der Waals surface area contributed by atoms with Crippen molar-refractivity contribution >= 4 is 0 Å². The molecule has 23 heavy (non-hydrogen) atoms. The Bertz CT molecular complexity index is 724. The standard InChI is InChI=1S/C14H16N6O3/c1-3-21-8-11(1)14-17-13(23-18-14)7-19-2-4-22-12(5-19)6-20-10-15-9-16-20/h1,3,8-10,12H,2,4-7H2/t12-/m0/s1. The molecule has 3 aromatic rings. The van der Waals surface area contributed by atoms with Gasteiger partial charge < -0.3 is 13.7 Å². The summed E-state index contributed by atoms with van der Waals surface area (Å²) in [6.45, 7) is 3.56. The molecule has 0 saturated carbocycles. The molecule has 1 fully saturated rings. The summed E-state index contributed by atoms with van der Waals surface area (Å²) >= 11 is 0. The van der Waals surface area contributed by atoms with E-state index in [0.29, 0.717) is 31.4 Å². The average molecular weight is 316 g/mol. The molecule has 0 aliphatic carbocycles. The van der Waals surface area contributed by atoms with E-state index in [1.807, 2.05) is 0 Å². The fourth-order valence-electron chi connectivity index (χ4n) is 2.59. The molecular formula is C14H16N6O3. The summed E-state index contributed by atoms with van der Waals surface area (Å²) in [6.07, 6.45) is 6.47. The second-order valence-corrected chi connectivity index (χ2v) is 5.37. The third-order valence-corrected chi connectivity index (χ3v) is 3.69. The van der Waals surface area contributed by atoms with Crippen molar-refractivity contribution in [2.24, 2.45) is 0 Å². The molecule has 4 heterocycles. The Morgan fingerprint density at radius 2 is 2.35 bits per heavy atom. The summed E-state index contributed by atoms with van der Waals surface area (Å²) in [6, 6.07) is 1.80. The maximum absolute atomic E-state index is 5.77. The summed E-state index contributed by atoms with van der Waals surface area (Å²) in [5, 5.41) is 8.09. The van der Waals surface area contributed by atoms with Crippen LogP contribution >= 0.6 is 0 Å². The van der Waals surface area contributed by atoms with Gasteiger partial charge in [0.1, 0.15) is 18.9 Å². The van der Waals surface area contributed by atoms with Gasteiger partial charge in [-0.05, 0) is 6.07 Å². The topological polar surface area (TPSA) is 95.2 Å². The minimum atomic E-state index is 0.0710. The number of hydrogen-bond donors (Lipinski definition) is 0. The van der Waals surface area contributed by atoms with E-state index in [4.69, 9.17) is 13.7 Å². The molecule has 4 rings (SSSR count). The number of ether oxygens (including phenoxy) is 1. The van der Waals surface area contributed by atoms with Gasteiger partial charge >= 0.3 is 0 Å². The van der Waals surface area contributed by atoms with Crippen molar-refractivity contribution in [3.8, 4) is 11.4 Å². The van der Waals surface area contributed by atoms with Crippen LogP contribution in [0.15, 0.2) is 40.2 Å². The number of aromatic nitrogens is 5. The summed E-state index contributed by atoms with van der Waals surface area (Å²) < 4.78 is 17.9. The summed E-state index contributed by atoms with van der Waals surface area (Å²) in [4.78, 5) is 10.6. The van der Waals surface area contributed by atoms with Gasteiger partial charge in [0.25, 0.3) is 0 Å². The van der Waals surface area contributed by atoms with Gasteiger partial charge in [0.05, 0.1) is 37.6 Å². The molecule has 9 nitrogen and oxygen atoms in total. The van der Waals surface area contributed by atoms with Gasteiger partial charge in [-0.15, -0.1) is 0 Å². The minimum absolute atomic E-state index is 0.0710. The molecule has 3 aromatic heterocycles. The molecule has 120 valence electrons. The molecule has 9 heteroatoms. The molecule has 0 aromatic carbocycles. The van der Waals surface area contributed by atoms with Gasteiger partial charge in [0, 0.05) is 13.1 Å².